The van der Waals surface area contributed by atoms with Crippen molar-refractivity contribution in [3.63, 3.8) is 0 Å². The molecule has 2 aliphatic rings. The van der Waals surface area contributed by atoms with Gasteiger partial charge < -0.3 is 10.1 Å². The summed E-state index contributed by atoms with van der Waals surface area (Å²) < 4.78 is 5.41. The van der Waals surface area contributed by atoms with Crippen molar-refractivity contribution < 1.29 is 9.53 Å². The molecule has 122 valence electrons. The predicted octanol–water partition coefficient (Wildman–Crippen LogP) is 1.37. The molecule has 0 aromatic carbocycles. The van der Waals surface area contributed by atoms with Gasteiger partial charge in [-0.2, -0.15) is 5.10 Å². The summed E-state index contributed by atoms with van der Waals surface area (Å²) in [4.78, 5) is 14.7. The molecular formula is C16H26N4O2. The molecule has 0 unspecified atom stereocenters. The Morgan fingerprint density at radius 1 is 1.45 bits per heavy atom. The van der Waals surface area contributed by atoms with E-state index in [1.54, 1.807) is 0 Å². The second-order valence-corrected chi connectivity index (χ2v) is 6.65. The van der Waals surface area contributed by atoms with Crippen LogP contribution in [0.4, 0.5) is 0 Å². The van der Waals surface area contributed by atoms with Crippen molar-refractivity contribution in [2.24, 2.45) is 5.92 Å². The molecule has 0 radical (unpaired) electrons. The van der Waals surface area contributed by atoms with Crippen molar-refractivity contribution in [2.45, 2.75) is 38.6 Å². The lowest BCUT2D eigenvalue weighted by atomic mass is 10.0. The minimum Gasteiger partial charge on any atom is -0.379 e. The maximum Gasteiger partial charge on any atom is 0.271 e. The molecule has 1 aromatic heterocycles. The molecule has 6 nitrogen and oxygen atoms in total. The SMILES string of the molecule is CC(C)[C@@H](CNC(=O)c1cc(C2CC2)[nH]n1)N1CCOCC1. The Kier molecular flexibility index (Phi) is 4.78. The van der Waals surface area contributed by atoms with Gasteiger partial charge in [-0.25, -0.2) is 0 Å². The fourth-order valence-electron chi connectivity index (χ4n) is 3.04. The summed E-state index contributed by atoms with van der Waals surface area (Å²) in [5.41, 5.74) is 1.60. The molecule has 1 aliphatic heterocycles. The Labute approximate surface area is 131 Å². The Morgan fingerprint density at radius 3 is 2.82 bits per heavy atom. The van der Waals surface area contributed by atoms with Crippen LogP contribution in [0.2, 0.25) is 0 Å². The molecule has 1 amide bonds. The van der Waals surface area contributed by atoms with E-state index in [9.17, 15) is 4.79 Å². The zero-order valence-electron chi connectivity index (χ0n) is 13.5. The third kappa shape index (κ3) is 3.67. The number of nitrogens with one attached hydrogen (secondary N) is 2. The van der Waals surface area contributed by atoms with Gasteiger partial charge in [-0.15, -0.1) is 0 Å². The average molecular weight is 306 g/mol. The van der Waals surface area contributed by atoms with E-state index in [1.807, 2.05) is 6.07 Å². The largest absolute Gasteiger partial charge is 0.379 e. The zero-order valence-corrected chi connectivity index (χ0v) is 13.5. The number of H-pyrrole nitrogens is 1. The van der Waals surface area contributed by atoms with Gasteiger partial charge in [-0.3, -0.25) is 14.8 Å². The number of rotatable bonds is 6. The second-order valence-electron chi connectivity index (χ2n) is 6.65. The Morgan fingerprint density at radius 2 is 2.18 bits per heavy atom. The summed E-state index contributed by atoms with van der Waals surface area (Å²) in [7, 11) is 0. The van der Waals surface area contributed by atoms with Crippen LogP contribution in [0.25, 0.3) is 0 Å². The summed E-state index contributed by atoms with van der Waals surface area (Å²) in [6.07, 6.45) is 2.41. The van der Waals surface area contributed by atoms with Crippen molar-refractivity contribution in [1.29, 1.82) is 0 Å². The monoisotopic (exact) mass is 306 g/mol. The number of hydrogen-bond acceptors (Lipinski definition) is 4. The second kappa shape index (κ2) is 6.79. The van der Waals surface area contributed by atoms with Gasteiger partial charge >= 0.3 is 0 Å². The van der Waals surface area contributed by atoms with Crippen molar-refractivity contribution in [2.75, 3.05) is 32.8 Å². The standard InChI is InChI=1S/C16H26N4O2/c1-11(2)15(20-5-7-22-8-6-20)10-17-16(21)14-9-13(18-19-14)12-3-4-12/h9,11-12,15H,3-8,10H2,1-2H3,(H,17,21)(H,18,19)/t15-/m1/s1. The van der Waals surface area contributed by atoms with Crippen LogP contribution < -0.4 is 5.32 Å². The summed E-state index contributed by atoms with van der Waals surface area (Å²) in [5.74, 6) is 0.993. The van der Waals surface area contributed by atoms with E-state index >= 15 is 0 Å². The smallest absolute Gasteiger partial charge is 0.271 e. The molecule has 6 heteroatoms. The highest BCUT2D eigenvalue weighted by molar-refractivity contribution is 5.92. The number of nitrogens with zero attached hydrogens (tertiary/aromatic N) is 2. The quantitative estimate of drug-likeness (QED) is 0.833. The van der Waals surface area contributed by atoms with Crippen molar-refractivity contribution in [3.05, 3.63) is 17.5 Å². The van der Waals surface area contributed by atoms with Crippen LogP contribution in [0.15, 0.2) is 6.07 Å². The molecule has 1 saturated carbocycles. The topological polar surface area (TPSA) is 70.2 Å². The summed E-state index contributed by atoms with van der Waals surface area (Å²) in [6.45, 7) is 8.49. The van der Waals surface area contributed by atoms with E-state index in [0.717, 1.165) is 32.0 Å². The Hall–Kier alpha value is -1.40. The number of ether oxygens (including phenoxy) is 1. The van der Waals surface area contributed by atoms with E-state index in [-0.39, 0.29) is 5.91 Å². The maximum atomic E-state index is 12.3. The van der Waals surface area contributed by atoms with Crippen LogP contribution in [-0.4, -0.2) is 59.9 Å². The van der Waals surface area contributed by atoms with Crippen molar-refractivity contribution in [3.8, 4) is 0 Å². The van der Waals surface area contributed by atoms with E-state index in [1.165, 1.54) is 12.8 Å². The number of carbonyl (C=O) groups excluding carboxylic acids is 1. The van der Waals surface area contributed by atoms with Crippen LogP contribution in [0.5, 0.6) is 0 Å². The number of morpholine rings is 1. The number of aromatic amines is 1. The summed E-state index contributed by atoms with van der Waals surface area (Å²) in [5, 5.41) is 10.2. The fourth-order valence-corrected chi connectivity index (χ4v) is 3.04. The minimum atomic E-state index is -0.0814. The first-order valence-electron chi connectivity index (χ1n) is 8.30. The molecule has 2 N–H and O–H groups in total. The normalized spacial score (nSPS) is 21.0. The zero-order chi connectivity index (χ0) is 15.5. The lowest BCUT2D eigenvalue weighted by molar-refractivity contribution is 0.00671. The van der Waals surface area contributed by atoms with E-state index in [2.05, 4.69) is 34.3 Å². The molecule has 2 heterocycles. The number of carbonyl (C=O) groups is 1. The lowest BCUT2D eigenvalue weighted by Crippen LogP contribution is -2.51. The van der Waals surface area contributed by atoms with E-state index in [0.29, 0.717) is 30.1 Å². The highest BCUT2D eigenvalue weighted by Gasteiger charge is 2.27. The first-order valence-corrected chi connectivity index (χ1v) is 8.30. The third-order valence-corrected chi connectivity index (χ3v) is 4.60. The van der Waals surface area contributed by atoms with Gasteiger partial charge in [0.1, 0.15) is 5.69 Å². The van der Waals surface area contributed by atoms with Gasteiger partial charge in [-0.1, -0.05) is 13.8 Å². The Bertz CT molecular complexity index is 504. The molecule has 3 rings (SSSR count). The van der Waals surface area contributed by atoms with Crippen molar-refractivity contribution >= 4 is 5.91 Å². The molecule has 1 aromatic rings. The van der Waals surface area contributed by atoms with Crippen LogP contribution in [0, 0.1) is 5.92 Å². The average Bonchev–Trinajstić information content (AvgIpc) is 3.25. The lowest BCUT2D eigenvalue weighted by Gasteiger charge is -2.36. The molecule has 1 saturated heterocycles. The van der Waals surface area contributed by atoms with Crippen LogP contribution in [0.1, 0.15) is 48.8 Å². The van der Waals surface area contributed by atoms with Crippen molar-refractivity contribution in [1.82, 2.24) is 20.4 Å². The first-order chi connectivity index (χ1) is 10.6. The first kappa shape index (κ1) is 15.5. The predicted molar refractivity (Wildman–Crippen MR) is 83.9 cm³/mol. The molecule has 1 atom stereocenters. The molecule has 22 heavy (non-hydrogen) atoms. The minimum absolute atomic E-state index is 0.0814. The number of aromatic nitrogens is 2. The molecular weight excluding hydrogens is 280 g/mol. The molecule has 0 spiro atoms. The van der Waals surface area contributed by atoms with Crippen LogP contribution in [-0.2, 0) is 4.74 Å². The van der Waals surface area contributed by atoms with Gasteiger partial charge in [0.25, 0.3) is 5.91 Å². The molecule has 0 bridgehead atoms. The highest BCUT2D eigenvalue weighted by Crippen LogP contribution is 2.38. The highest BCUT2D eigenvalue weighted by atomic mass is 16.5. The molecule has 2 fully saturated rings. The number of hydrogen-bond donors (Lipinski definition) is 2. The van der Waals surface area contributed by atoms with Crippen LogP contribution >= 0.6 is 0 Å². The Balaban J connectivity index is 1.54. The van der Waals surface area contributed by atoms with E-state index in [4.69, 9.17) is 4.74 Å². The molecule has 1 aliphatic carbocycles. The van der Waals surface area contributed by atoms with Gasteiger partial charge in [0.15, 0.2) is 0 Å². The summed E-state index contributed by atoms with van der Waals surface area (Å²) in [6, 6.07) is 2.24. The van der Waals surface area contributed by atoms with E-state index < -0.39 is 0 Å². The van der Waals surface area contributed by atoms with Gasteiger partial charge in [0.05, 0.1) is 13.2 Å². The van der Waals surface area contributed by atoms with Gasteiger partial charge in [-0.05, 0) is 24.8 Å². The van der Waals surface area contributed by atoms with Crippen LogP contribution in [0.3, 0.4) is 0 Å². The van der Waals surface area contributed by atoms with Gasteiger partial charge in [0.2, 0.25) is 0 Å². The third-order valence-electron chi connectivity index (χ3n) is 4.60. The number of amides is 1. The van der Waals surface area contributed by atoms with Gasteiger partial charge in [0, 0.05) is 37.3 Å². The summed E-state index contributed by atoms with van der Waals surface area (Å²) >= 11 is 0. The fraction of sp³-hybridized carbons (Fsp3) is 0.750. The maximum absolute atomic E-state index is 12.3.